The lowest BCUT2D eigenvalue weighted by atomic mass is 10.0. The van der Waals surface area contributed by atoms with E-state index in [4.69, 9.17) is 4.74 Å². The number of carbonyl (C=O) groups is 1. The van der Waals surface area contributed by atoms with Crippen LogP contribution in [0.1, 0.15) is 27.0 Å². The van der Waals surface area contributed by atoms with Crippen LogP contribution in [0, 0.1) is 13.8 Å². The van der Waals surface area contributed by atoms with E-state index in [9.17, 15) is 9.90 Å². The molecule has 4 rings (SSSR count). The third-order valence-electron chi connectivity index (χ3n) is 4.94. The number of rotatable bonds is 3. The first kappa shape index (κ1) is 17.2. The molecule has 0 aliphatic heterocycles. The molecule has 1 aromatic heterocycles. The molecule has 0 aliphatic carbocycles. The summed E-state index contributed by atoms with van der Waals surface area (Å²) >= 11 is 0. The number of aromatic hydroxyl groups is 1. The van der Waals surface area contributed by atoms with Gasteiger partial charge in [0.1, 0.15) is 5.75 Å². The number of phenolic OH excluding ortho intramolecular Hbond substituents is 1. The van der Waals surface area contributed by atoms with Gasteiger partial charge in [0.15, 0.2) is 0 Å². The highest BCUT2D eigenvalue weighted by atomic mass is 16.5. The fraction of sp³-hybridized carbons (Fsp3) is 0.174. The lowest BCUT2D eigenvalue weighted by molar-refractivity contribution is 0.0603. The Labute approximate surface area is 157 Å². The van der Waals surface area contributed by atoms with E-state index in [0.717, 1.165) is 22.0 Å². The van der Waals surface area contributed by atoms with Crippen LogP contribution in [0.2, 0.25) is 0 Å². The minimum Gasteiger partial charge on any atom is -0.507 e. The predicted molar refractivity (Wildman–Crippen MR) is 107 cm³/mol. The van der Waals surface area contributed by atoms with E-state index in [2.05, 4.69) is 29.7 Å². The molecule has 4 heteroatoms. The zero-order valence-electron chi connectivity index (χ0n) is 15.6. The molecule has 27 heavy (non-hydrogen) atoms. The Balaban J connectivity index is 2.09. The van der Waals surface area contributed by atoms with Crippen LogP contribution in [-0.2, 0) is 11.3 Å². The molecule has 0 fully saturated rings. The summed E-state index contributed by atoms with van der Waals surface area (Å²) < 4.78 is 7.12. The zero-order chi connectivity index (χ0) is 19.1. The Bertz CT molecular complexity index is 1190. The summed E-state index contributed by atoms with van der Waals surface area (Å²) in [5.74, 6) is -0.232. The maximum absolute atomic E-state index is 12.3. The standard InChI is InChI=1S/C23H21NO3/c1-14-6-4-7-16(10-14)13-24-18-9-5-8-17(23(26)27-3)21(18)22-19(24)11-15(2)12-20(22)25/h4-12,25H,13H2,1-3H3. The highest BCUT2D eigenvalue weighted by Crippen LogP contribution is 2.38. The molecule has 136 valence electrons. The number of hydrogen-bond acceptors (Lipinski definition) is 3. The minimum absolute atomic E-state index is 0.175. The SMILES string of the molecule is COC(=O)c1cccc2c1c1c(O)cc(C)cc1n2Cc1cccc(C)c1. The lowest BCUT2D eigenvalue weighted by Crippen LogP contribution is -2.03. The molecule has 1 N–H and O–H groups in total. The second kappa shape index (κ2) is 6.47. The first-order valence-corrected chi connectivity index (χ1v) is 8.88. The molecule has 4 nitrogen and oxygen atoms in total. The molecular formula is C23H21NO3. The van der Waals surface area contributed by atoms with Crippen LogP contribution in [0.4, 0.5) is 0 Å². The highest BCUT2D eigenvalue weighted by Gasteiger charge is 2.20. The maximum atomic E-state index is 12.3. The molecule has 0 aliphatic rings. The Morgan fingerprint density at radius 3 is 2.48 bits per heavy atom. The van der Waals surface area contributed by atoms with Crippen LogP contribution in [0.15, 0.2) is 54.6 Å². The Hall–Kier alpha value is -3.27. The molecule has 0 atom stereocenters. The number of fused-ring (bicyclic) bond motifs is 3. The van der Waals surface area contributed by atoms with Gasteiger partial charge in [-0.25, -0.2) is 4.79 Å². The lowest BCUT2D eigenvalue weighted by Gasteiger charge is -2.09. The molecule has 0 spiro atoms. The van der Waals surface area contributed by atoms with Gasteiger partial charge in [-0.2, -0.15) is 0 Å². The summed E-state index contributed by atoms with van der Waals surface area (Å²) in [5, 5.41) is 12.1. The molecule has 3 aromatic carbocycles. The monoisotopic (exact) mass is 359 g/mol. The van der Waals surface area contributed by atoms with Gasteiger partial charge in [0.2, 0.25) is 0 Å². The van der Waals surface area contributed by atoms with Crippen molar-refractivity contribution in [1.29, 1.82) is 0 Å². The fourth-order valence-electron chi connectivity index (χ4n) is 3.82. The summed E-state index contributed by atoms with van der Waals surface area (Å²) in [5.41, 5.74) is 5.59. The van der Waals surface area contributed by atoms with E-state index in [1.165, 1.54) is 18.2 Å². The topological polar surface area (TPSA) is 51.5 Å². The Morgan fingerprint density at radius 1 is 0.963 bits per heavy atom. The number of phenols is 1. The number of methoxy groups -OCH3 is 1. The number of carbonyl (C=O) groups excluding carboxylic acids is 1. The molecule has 0 bridgehead atoms. The summed E-state index contributed by atoms with van der Waals surface area (Å²) in [4.78, 5) is 12.3. The van der Waals surface area contributed by atoms with Crippen molar-refractivity contribution in [3.8, 4) is 5.75 Å². The normalized spacial score (nSPS) is 11.2. The van der Waals surface area contributed by atoms with Crippen molar-refractivity contribution >= 4 is 27.8 Å². The van der Waals surface area contributed by atoms with Crippen molar-refractivity contribution in [2.75, 3.05) is 7.11 Å². The molecular weight excluding hydrogens is 338 g/mol. The van der Waals surface area contributed by atoms with Crippen molar-refractivity contribution in [3.63, 3.8) is 0 Å². The molecule has 0 saturated heterocycles. The van der Waals surface area contributed by atoms with Crippen LogP contribution < -0.4 is 0 Å². The van der Waals surface area contributed by atoms with Crippen LogP contribution in [0.25, 0.3) is 21.8 Å². The average Bonchev–Trinajstić information content (AvgIpc) is 2.95. The van der Waals surface area contributed by atoms with Crippen molar-refractivity contribution in [2.24, 2.45) is 0 Å². The van der Waals surface area contributed by atoms with Gasteiger partial charge in [0.05, 0.1) is 29.1 Å². The summed E-state index contributed by atoms with van der Waals surface area (Å²) in [6.07, 6.45) is 0. The number of hydrogen-bond donors (Lipinski definition) is 1. The van der Waals surface area contributed by atoms with E-state index >= 15 is 0 Å². The quantitative estimate of drug-likeness (QED) is 0.527. The summed E-state index contributed by atoms with van der Waals surface area (Å²) in [6, 6.07) is 17.7. The van der Waals surface area contributed by atoms with Crippen molar-refractivity contribution in [1.82, 2.24) is 4.57 Å². The summed E-state index contributed by atoms with van der Waals surface area (Å²) in [6.45, 7) is 4.67. The van der Waals surface area contributed by atoms with E-state index in [0.29, 0.717) is 17.5 Å². The van der Waals surface area contributed by atoms with E-state index in [-0.39, 0.29) is 5.75 Å². The first-order valence-electron chi connectivity index (χ1n) is 8.88. The number of aromatic nitrogens is 1. The fourth-order valence-corrected chi connectivity index (χ4v) is 3.82. The van der Waals surface area contributed by atoms with Gasteiger partial charge in [-0.1, -0.05) is 35.9 Å². The maximum Gasteiger partial charge on any atom is 0.338 e. The second-order valence-corrected chi connectivity index (χ2v) is 6.94. The van der Waals surface area contributed by atoms with Crippen LogP contribution in [0.3, 0.4) is 0 Å². The predicted octanol–water partition coefficient (Wildman–Crippen LogP) is 4.95. The first-order chi connectivity index (χ1) is 13.0. The van der Waals surface area contributed by atoms with Gasteiger partial charge in [-0.3, -0.25) is 0 Å². The van der Waals surface area contributed by atoms with Gasteiger partial charge >= 0.3 is 5.97 Å². The van der Waals surface area contributed by atoms with E-state index in [1.54, 1.807) is 12.1 Å². The third-order valence-corrected chi connectivity index (χ3v) is 4.94. The molecule has 1 heterocycles. The average molecular weight is 359 g/mol. The highest BCUT2D eigenvalue weighted by molar-refractivity contribution is 6.19. The van der Waals surface area contributed by atoms with Gasteiger partial charge in [-0.15, -0.1) is 0 Å². The van der Waals surface area contributed by atoms with Gasteiger partial charge in [-0.05, 0) is 49.2 Å². The Morgan fingerprint density at radius 2 is 1.74 bits per heavy atom. The van der Waals surface area contributed by atoms with Crippen molar-refractivity contribution in [3.05, 3.63) is 76.9 Å². The van der Waals surface area contributed by atoms with Crippen LogP contribution in [0.5, 0.6) is 5.75 Å². The van der Waals surface area contributed by atoms with Gasteiger partial charge in [0, 0.05) is 11.9 Å². The number of esters is 1. The van der Waals surface area contributed by atoms with Gasteiger partial charge < -0.3 is 14.4 Å². The van der Waals surface area contributed by atoms with E-state index < -0.39 is 5.97 Å². The van der Waals surface area contributed by atoms with Crippen molar-refractivity contribution in [2.45, 2.75) is 20.4 Å². The minimum atomic E-state index is -0.407. The summed E-state index contributed by atoms with van der Waals surface area (Å²) in [7, 11) is 1.37. The molecule has 0 amide bonds. The molecule has 0 radical (unpaired) electrons. The largest absolute Gasteiger partial charge is 0.507 e. The number of ether oxygens (including phenoxy) is 1. The molecule has 0 saturated carbocycles. The Kier molecular flexibility index (Phi) is 4.11. The molecule has 0 unspecified atom stereocenters. The van der Waals surface area contributed by atoms with Crippen LogP contribution >= 0.6 is 0 Å². The second-order valence-electron chi connectivity index (χ2n) is 6.94. The zero-order valence-corrected chi connectivity index (χ0v) is 15.6. The smallest absolute Gasteiger partial charge is 0.338 e. The number of nitrogens with zero attached hydrogens (tertiary/aromatic N) is 1. The van der Waals surface area contributed by atoms with Gasteiger partial charge in [0.25, 0.3) is 0 Å². The number of aryl methyl sites for hydroxylation is 2. The third kappa shape index (κ3) is 2.83. The van der Waals surface area contributed by atoms with E-state index in [1.807, 2.05) is 31.2 Å². The van der Waals surface area contributed by atoms with Crippen LogP contribution in [-0.4, -0.2) is 22.8 Å². The molecule has 4 aromatic rings. The van der Waals surface area contributed by atoms with Crippen molar-refractivity contribution < 1.29 is 14.6 Å². The number of benzene rings is 3.